The molecule has 0 amide bonds. The molecule has 1 aromatic carbocycles. The van der Waals surface area contributed by atoms with Crippen LogP contribution in [0.2, 0.25) is 0 Å². The summed E-state index contributed by atoms with van der Waals surface area (Å²) >= 11 is 0. The SMILES string of the molecule is CC(C)c1ccc(N2CCC(N)C2)cc1. The van der Waals surface area contributed by atoms with Crippen molar-refractivity contribution in [2.24, 2.45) is 5.73 Å². The molecule has 1 unspecified atom stereocenters. The summed E-state index contributed by atoms with van der Waals surface area (Å²) in [6, 6.07) is 9.24. The van der Waals surface area contributed by atoms with Gasteiger partial charge in [0.1, 0.15) is 0 Å². The van der Waals surface area contributed by atoms with Gasteiger partial charge in [0, 0.05) is 24.8 Å². The first-order valence-corrected chi connectivity index (χ1v) is 5.77. The van der Waals surface area contributed by atoms with E-state index in [0.717, 1.165) is 19.5 Å². The number of hydrogen-bond donors (Lipinski definition) is 1. The van der Waals surface area contributed by atoms with Crippen molar-refractivity contribution in [2.75, 3.05) is 18.0 Å². The lowest BCUT2D eigenvalue weighted by atomic mass is 10.0. The number of hydrogen-bond acceptors (Lipinski definition) is 2. The molecule has 0 radical (unpaired) electrons. The van der Waals surface area contributed by atoms with E-state index in [1.54, 1.807) is 0 Å². The molecule has 2 rings (SSSR count). The smallest absolute Gasteiger partial charge is 0.0366 e. The van der Waals surface area contributed by atoms with Gasteiger partial charge in [-0.3, -0.25) is 0 Å². The third kappa shape index (κ3) is 2.32. The minimum atomic E-state index is 0.356. The van der Waals surface area contributed by atoms with Crippen molar-refractivity contribution in [3.05, 3.63) is 29.8 Å². The molecule has 1 aromatic rings. The highest BCUT2D eigenvalue weighted by Gasteiger charge is 2.18. The van der Waals surface area contributed by atoms with Crippen LogP contribution in [0.3, 0.4) is 0 Å². The molecule has 0 spiro atoms. The van der Waals surface area contributed by atoms with Crippen molar-refractivity contribution < 1.29 is 0 Å². The molecule has 0 aromatic heterocycles. The van der Waals surface area contributed by atoms with Gasteiger partial charge >= 0.3 is 0 Å². The Labute approximate surface area is 92.1 Å². The van der Waals surface area contributed by atoms with Crippen LogP contribution in [0.5, 0.6) is 0 Å². The van der Waals surface area contributed by atoms with Crippen molar-refractivity contribution in [2.45, 2.75) is 32.2 Å². The second-order valence-electron chi connectivity index (χ2n) is 4.74. The quantitative estimate of drug-likeness (QED) is 0.801. The van der Waals surface area contributed by atoms with E-state index in [4.69, 9.17) is 5.73 Å². The Hall–Kier alpha value is -1.02. The van der Waals surface area contributed by atoms with Crippen molar-refractivity contribution in [3.63, 3.8) is 0 Å². The lowest BCUT2D eigenvalue weighted by molar-refractivity contribution is 0.752. The Morgan fingerprint density at radius 2 is 1.93 bits per heavy atom. The molecule has 0 saturated carbocycles. The lowest BCUT2D eigenvalue weighted by Gasteiger charge is -2.18. The third-order valence-corrected chi connectivity index (χ3v) is 3.15. The summed E-state index contributed by atoms with van der Waals surface area (Å²) < 4.78 is 0. The topological polar surface area (TPSA) is 29.3 Å². The third-order valence-electron chi connectivity index (χ3n) is 3.15. The minimum Gasteiger partial charge on any atom is -0.370 e. The molecule has 15 heavy (non-hydrogen) atoms. The maximum atomic E-state index is 5.90. The Balaban J connectivity index is 2.10. The van der Waals surface area contributed by atoms with Gasteiger partial charge in [-0.25, -0.2) is 0 Å². The summed E-state index contributed by atoms with van der Waals surface area (Å²) in [5.41, 5.74) is 8.62. The molecule has 2 heteroatoms. The van der Waals surface area contributed by atoms with E-state index in [2.05, 4.69) is 43.0 Å². The zero-order valence-electron chi connectivity index (χ0n) is 9.61. The average molecular weight is 204 g/mol. The van der Waals surface area contributed by atoms with Crippen LogP contribution in [0.25, 0.3) is 0 Å². The summed E-state index contributed by atoms with van der Waals surface area (Å²) in [6.07, 6.45) is 1.12. The molecular formula is C13H20N2. The molecule has 1 aliphatic rings. The number of benzene rings is 1. The van der Waals surface area contributed by atoms with Gasteiger partial charge in [-0.05, 0) is 30.0 Å². The second-order valence-corrected chi connectivity index (χ2v) is 4.74. The van der Waals surface area contributed by atoms with E-state index in [1.165, 1.54) is 11.3 Å². The predicted molar refractivity (Wildman–Crippen MR) is 65.3 cm³/mol. The first-order chi connectivity index (χ1) is 7.16. The number of nitrogens with zero attached hydrogens (tertiary/aromatic N) is 1. The molecule has 0 bridgehead atoms. The summed E-state index contributed by atoms with van der Waals surface area (Å²) in [5.74, 6) is 0.611. The summed E-state index contributed by atoms with van der Waals surface area (Å²) in [6.45, 7) is 6.55. The first kappa shape index (κ1) is 10.5. The van der Waals surface area contributed by atoms with Crippen LogP contribution in [0.1, 0.15) is 31.7 Å². The highest BCUT2D eigenvalue weighted by molar-refractivity contribution is 5.49. The lowest BCUT2D eigenvalue weighted by Crippen LogP contribution is -2.26. The van der Waals surface area contributed by atoms with Crippen molar-refractivity contribution in [1.82, 2.24) is 0 Å². The Morgan fingerprint density at radius 1 is 1.27 bits per heavy atom. The summed E-state index contributed by atoms with van der Waals surface area (Å²) in [5, 5.41) is 0. The van der Waals surface area contributed by atoms with Gasteiger partial charge in [-0.15, -0.1) is 0 Å². The standard InChI is InChI=1S/C13H20N2/c1-10(2)11-3-5-13(6-4-11)15-8-7-12(14)9-15/h3-6,10,12H,7-9,14H2,1-2H3. The monoisotopic (exact) mass is 204 g/mol. The van der Waals surface area contributed by atoms with Gasteiger partial charge in [0.05, 0.1) is 0 Å². The number of rotatable bonds is 2. The number of nitrogens with two attached hydrogens (primary N) is 1. The van der Waals surface area contributed by atoms with E-state index in [1.807, 2.05) is 0 Å². The van der Waals surface area contributed by atoms with Crippen molar-refractivity contribution >= 4 is 5.69 Å². The average Bonchev–Trinajstić information content (AvgIpc) is 2.65. The molecule has 1 aliphatic heterocycles. The fourth-order valence-electron chi connectivity index (χ4n) is 2.09. The van der Waals surface area contributed by atoms with Crippen LogP contribution < -0.4 is 10.6 Å². The first-order valence-electron chi connectivity index (χ1n) is 5.77. The van der Waals surface area contributed by atoms with E-state index >= 15 is 0 Å². The molecule has 1 fully saturated rings. The Morgan fingerprint density at radius 3 is 2.40 bits per heavy atom. The van der Waals surface area contributed by atoms with E-state index < -0.39 is 0 Å². The molecule has 2 N–H and O–H groups in total. The molecule has 1 saturated heterocycles. The van der Waals surface area contributed by atoms with Gasteiger partial charge in [0.2, 0.25) is 0 Å². The van der Waals surface area contributed by atoms with Crippen LogP contribution in [0, 0.1) is 0 Å². The maximum absolute atomic E-state index is 5.90. The summed E-state index contributed by atoms with van der Waals surface area (Å²) in [7, 11) is 0. The normalized spacial score (nSPS) is 21.3. The zero-order valence-corrected chi connectivity index (χ0v) is 9.61. The highest BCUT2D eigenvalue weighted by Crippen LogP contribution is 2.22. The fourth-order valence-corrected chi connectivity index (χ4v) is 2.09. The van der Waals surface area contributed by atoms with E-state index in [9.17, 15) is 0 Å². The predicted octanol–water partition coefficient (Wildman–Crippen LogP) is 2.35. The number of anilines is 1. The van der Waals surface area contributed by atoms with Crippen LogP contribution in [0.4, 0.5) is 5.69 Å². The highest BCUT2D eigenvalue weighted by atomic mass is 15.2. The van der Waals surface area contributed by atoms with E-state index in [0.29, 0.717) is 12.0 Å². The van der Waals surface area contributed by atoms with Crippen molar-refractivity contribution in [1.29, 1.82) is 0 Å². The maximum Gasteiger partial charge on any atom is 0.0366 e. The van der Waals surface area contributed by atoms with Gasteiger partial charge in [-0.2, -0.15) is 0 Å². The fraction of sp³-hybridized carbons (Fsp3) is 0.538. The molecule has 1 atom stereocenters. The van der Waals surface area contributed by atoms with Gasteiger partial charge in [-0.1, -0.05) is 26.0 Å². The minimum absolute atomic E-state index is 0.356. The molecule has 2 nitrogen and oxygen atoms in total. The summed E-state index contributed by atoms with van der Waals surface area (Å²) in [4.78, 5) is 2.37. The molecule has 82 valence electrons. The van der Waals surface area contributed by atoms with Crippen molar-refractivity contribution in [3.8, 4) is 0 Å². The van der Waals surface area contributed by atoms with Gasteiger partial charge < -0.3 is 10.6 Å². The van der Waals surface area contributed by atoms with Gasteiger partial charge in [0.25, 0.3) is 0 Å². The largest absolute Gasteiger partial charge is 0.370 e. The van der Waals surface area contributed by atoms with Crippen LogP contribution in [-0.2, 0) is 0 Å². The van der Waals surface area contributed by atoms with Gasteiger partial charge in [0.15, 0.2) is 0 Å². The zero-order chi connectivity index (χ0) is 10.8. The molecule has 1 heterocycles. The Bertz CT molecular complexity index is 316. The Kier molecular flexibility index (Phi) is 2.96. The second kappa shape index (κ2) is 4.23. The molecular weight excluding hydrogens is 184 g/mol. The van der Waals surface area contributed by atoms with E-state index in [-0.39, 0.29) is 0 Å². The van der Waals surface area contributed by atoms with Crippen LogP contribution in [-0.4, -0.2) is 19.1 Å². The van der Waals surface area contributed by atoms with Crippen LogP contribution in [0.15, 0.2) is 24.3 Å². The van der Waals surface area contributed by atoms with Crippen LogP contribution >= 0.6 is 0 Å². The molecule has 0 aliphatic carbocycles.